The third-order valence-corrected chi connectivity index (χ3v) is 2.42. The number of hydrogen-bond acceptors (Lipinski definition) is 1. The summed E-state index contributed by atoms with van der Waals surface area (Å²) in [4.78, 5) is 11.8. The molecule has 0 unspecified atom stereocenters. The van der Waals surface area contributed by atoms with Crippen LogP contribution in [-0.4, -0.2) is 9.78 Å². The molecule has 0 radical (unpaired) electrons. The zero-order chi connectivity index (χ0) is 10.7. The van der Waals surface area contributed by atoms with Crippen LogP contribution in [0.25, 0.3) is 0 Å². The van der Waals surface area contributed by atoms with Crippen LogP contribution < -0.4 is 5.56 Å². The fourth-order valence-electron chi connectivity index (χ4n) is 1.74. The van der Waals surface area contributed by atoms with E-state index in [0.717, 1.165) is 30.6 Å². The van der Waals surface area contributed by atoms with Crippen molar-refractivity contribution in [3.63, 3.8) is 0 Å². The summed E-state index contributed by atoms with van der Waals surface area (Å²) >= 11 is 0. The molecule has 3 nitrogen and oxygen atoms in total. The quantitative estimate of drug-likeness (QED) is 0.785. The van der Waals surface area contributed by atoms with E-state index in [4.69, 9.17) is 0 Å². The van der Waals surface area contributed by atoms with Crippen LogP contribution in [0.4, 0.5) is 0 Å². The van der Waals surface area contributed by atoms with E-state index < -0.39 is 0 Å². The van der Waals surface area contributed by atoms with E-state index in [2.05, 4.69) is 18.9 Å². The first kappa shape index (κ1) is 11.1. The summed E-state index contributed by atoms with van der Waals surface area (Å²) in [5, 5.41) is 3.19. The fourth-order valence-corrected chi connectivity index (χ4v) is 1.74. The first-order valence-electron chi connectivity index (χ1n) is 5.40. The lowest BCUT2D eigenvalue weighted by Crippen LogP contribution is -2.17. The van der Waals surface area contributed by atoms with Crippen LogP contribution in [0.1, 0.15) is 39.0 Å². The lowest BCUT2D eigenvalue weighted by molar-refractivity contribution is 0.592. The van der Waals surface area contributed by atoms with Gasteiger partial charge >= 0.3 is 0 Å². The van der Waals surface area contributed by atoms with E-state index in [-0.39, 0.29) is 5.56 Å². The maximum Gasteiger partial charge on any atom is 0.269 e. The van der Waals surface area contributed by atoms with E-state index in [0.29, 0.717) is 5.92 Å². The zero-order valence-corrected chi connectivity index (χ0v) is 9.55. The summed E-state index contributed by atoms with van der Waals surface area (Å²) < 4.78 is 1.69. The number of nitrogens with one attached hydrogen (secondary N) is 1. The van der Waals surface area contributed by atoms with Gasteiger partial charge in [0.15, 0.2) is 0 Å². The normalized spacial score (nSPS) is 11.2. The molecule has 3 heteroatoms. The molecule has 0 aliphatic carbocycles. The number of hydrogen-bond donors (Lipinski definition) is 1. The van der Waals surface area contributed by atoms with E-state index >= 15 is 0 Å². The van der Waals surface area contributed by atoms with Crippen molar-refractivity contribution in [3.8, 4) is 0 Å². The van der Waals surface area contributed by atoms with Crippen LogP contribution in [0.15, 0.2) is 4.79 Å². The van der Waals surface area contributed by atoms with Crippen molar-refractivity contribution in [2.45, 2.75) is 47.1 Å². The Morgan fingerprint density at radius 3 is 2.43 bits per heavy atom. The predicted octanol–water partition coefficient (Wildman–Crippen LogP) is 1.96. The van der Waals surface area contributed by atoms with Crippen molar-refractivity contribution in [3.05, 3.63) is 21.6 Å². The van der Waals surface area contributed by atoms with E-state index in [1.165, 1.54) is 0 Å². The maximum absolute atomic E-state index is 11.8. The molecule has 0 bridgehead atoms. The molecule has 0 saturated heterocycles. The van der Waals surface area contributed by atoms with Gasteiger partial charge in [0.1, 0.15) is 0 Å². The van der Waals surface area contributed by atoms with Crippen LogP contribution in [-0.2, 0) is 19.4 Å². The third-order valence-electron chi connectivity index (χ3n) is 2.42. The predicted molar refractivity (Wildman–Crippen MR) is 58.6 cm³/mol. The number of aromatic amines is 1. The Morgan fingerprint density at radius 1 is 1.36 bits per heavy atom. The van der Waals surface area contributed by atoms with Crippen LogP contribution in [0.2, 0.25) is 0 Å². The number of H-pyrrole nitrogens is 1. The number of aromatic nitrogens is 2. The zero-order valence-electron chi connectivity index (χ0n) is 9.55. The molecule has 80 valence electrons. The average molecular weight is 196 g/mol. The minimum absolute atomic E-state index is 0.158. The summed E-state index contributed by atoms with van der Waals surface area (Å²) in [7, 11) is 0. The van der Waals surface area contributed by atoms with E-state index in [1.807, 2.05) is 13.8 Å². The van der Waals surface area contributed by atoms with Crippen molar-refractivity contribution in [1.29, 1.82) is 0 Å². The molecular formula is C11H20N2O. The topological polar surface area (TPSA) is 37.8 Å². The first-order valence-corrected chi connectivity index (χ1v) is 5.40. The molecule has 1 rings (SSSR count). The summed E-state index contributed by atoms with van der Waals surface area (Å²) in [5.74, 6) is 0.587. The Balaban J connectivity index is 3.09. The van der Waals surface area contributed by atoms with Gasteiger partial charge in [0.2, 0.25) is 0 Å². The standard InChI is InChI=1S/C11H20N2O/c1-5-9-10(7-8(3)4)12-13(6-2)11(9)14/h8,12H,5-7H2,1-4H3. The van der Waals surface area contributed by atoms with Crippen LogP contribution in [0.3, 0.4) is 0 Å². The lowest BCUT2D eigenvalue weighted by Gasteiger charge is -2.03. The molecule has 1 aromatic heterocycles. The molecule has 0 amide bonds. The highest BCUT2D eigenvalue weighted by atomic mass is 16.1. The molecule has 0 fully saturated rings. The van der Waals surface area contributed by atoms with Crippen LogP contribution in [0.5, 0.6) is 0 Å². The Labute approximate surface area is 85.1 Å². The fraction of sp³-hybridized carbons (Fsp3) is 0.727. The molecule has 1 aromatic rings. The summed E-state index contributed by atoms with van der Waals surface area (Å²) in [6.07, 6.45) is 1.79. The SMILES string of the molecule is CCc1c(CC(C)C)[nH]n(CC)c1=O. The van der Waals surface area contributed by atoms with Gasteiger partial charge in [-0.05, 0) is 25.7 Å². The van der Waals surface area contributed by atoms with Crippen molar-refractivity contribution in [1.82, 2.24) is 9.78 Å². The van der Waals surface area contributed by atoms with Crippen LogP contribution in [0, 0.1) is 5.92 Å². The largest absolute Gasteiger partial charge is 0.299 e. The highest BCUT2D eigenvalue weighted by Gasteiger charge is 2.12. The summed E-state index contributed by atoms with van der Waals surface area (Å²) in [6.45, 7) is 9.08. The van der Waals surface area contributed by atoms with Crippen molar-refractivity contribution >= 4 is 0 Å². The molecule has 0 atom stereocenters. The molecule has 0 saturated carbocycles. The Morgan fingerprint density at radius 2 is 2.00 bits per heavy atom. The Hall–Kier alpha value is -0.990. The maximum atomic E-state index is 11.8. The van der Waals surface area contributed by atoms with Gasteiger partial charge < -0.3 is 0 Å². The second-order valence-corrected chi connectivity index (χ2v) is 4.07. The smallest absolute Gasteiger partial charge is 0.269 e. The molecule has 0 aliphatic rings. The first-order chi connectivity index (χ1) is 6.60. The minimum Gasteiger partial charge on any atom is -0.299 e. The molecule has 1 N–H and O–H groups in total. The Kier molecular flexibility index (Phi) is 3.55. The van der Waals surface area contributed by atoms with Crippen LogP contribution >= 0.6 is 0 Å². The van der Waals surface area contributed by atoms with Gasteiger partial charge in [-0.25, -0.2) is 0 Å². The van der Waals surface area contributed by atoms with Gasteiger partial charge in [-0.2, -0.15) is 0 Å². The van der Waals surface area contributed by atoms with Gasteiger partial charge in [-0.15, -0.1) is 0 Å². The molecule has 0 aromatic carbocycles. The minimum atomic E-state index is 0.158. The van der Waals surface area contributed by atoms with Crippen molar-refractivity contribution in [2.24, 2.45) is 5.92 Å². The molecular weight excluding hydrogens is 176 g/mol. The van der Waals surface area contributed by atoms with E-state index in [1.54, 1.807) is 4.68 Å². The van der Waals surface area contributed by atoms with E-state index in [9.17, 15) is 4.79 Å². The lowest BCUT2D eigenvalue weighted by atomic mass is 10.0. The number of rotatable bonds is 4. The second-order valence-electron chi connectivity index (χ2n) is 4.07. The molecule has 0 aliphatic heterocycles. The van der Waals surface area contributed by atoms with Gasteiger partial charge in [0.25, 0.3) is 5.56 Å². The highest BCUT2D eigenvalue weighted by Crippen LogP contribution is 2.09. The number of nitrogens with zero attached hydrogens (tertiary/aromatic N) is 1. The summed E-state index contributed by atoms with van der Waals surface area (Å²) in [5.41, 5.74) is 2.24. The third kappa shape index (κ3) is 2.08. The highest BCUT2D eigenvalue weighted by molar-refractivity contribution is 5.17. The van der Waals surface area contributed by atoms with Gasteiger partial charge in [-0.1, -0.05) is 20.8 Å². The molecule has 0 spiro atoms. The number of aryl methyl sites for hydroxylation is 1. The van der Waals surface area contributed by atoms with Gasteiger partial charge in [0.05, 0.1) is 0 Å². The molecule has 1 heterocycles. The Bertz CT molecular complexity index is 347. The monoisotopic (exact) mass is 196 g/mol. The average Bonchev–Trinajstić information content (AvgIpc) is 2.41. The molecule has 14 heavy (non-hydrogen) atoms. The summed E-state index contributed by atoms with van der Waals surface area (Å²) in [6, 6.07) is 0. The van der Waals surface area contributed by atoms with Crippen molar-refractivity contribution < 1.29 is 0 Å². The van der Waals surface area contributed by atoms with Gasteiger partial charge in [0, 0.05) is 17.8 Å². The van der Waals surface area contributed by atoms with Crippen molar-refractivity contribution in [2.75, 3.05) is 0 Å². The second kappa shape index (κ2) is 4.49. The van der Waals surface area contributed by atoms with Gasteiger partial charge in [-0.3, -0.25) is 14.6 Å².